The van der Waals surface area contributed by atoms with E-state index in [0.29, 0.717) is 0 Å². The lowest BCUT2D eigenvalue weighted by molar-refractivity contribution is 1.54. The van der Waals surface area contributed by atoms with Gasteiger partial charge in [0, 0.05) is 16.9 Å². The smallest absolute Gasteiger partial charge is 0.0463 e. The van der Waals surface area contributed by atoms with Crippen molar-refractivity contribution in [1.29, 1.82) is 0 Å². The zero-order valence-corrected chi connectivity index (χ0v) is 18.2. The van der Waals surface area contributed by atoms with Gasteiger partial charge in [-0.15, -0.1) is 0 Å². The topological polar surface area (TPSA) is 12.0 Å². The molecule has 0 heterocycles. The van der Waals surface area contributed by atoms with Crippen LogP contribution in [-0.4, -0.2) is 0 Å². The standard InChI is InChI=1S/C32H23N/c1-2-8-23(9-3-1)24-14-16-26(17-15-24)31-12-6-7-13-32(31)33-28-20-21-30-27(22-28)19-18-25-10-4-5-11-29(25)30/h1-22,33H. The molecule has 6 aromatic rings. The van der Waals surface area contributed by atoms with Crippen molar-refractivity contribution in [2.24, 2.45) is 0 Å². The van der Waals surface area contributed by atoms with Gasteiger partial charge < -0.3 is 5.32 Å². The average Bonchev–Trinajstić information content (AvgIpc) is 2.89. The van der Waals surface area contributed by atoms with Crippen LogP contribution in [-0.2, 0) is 0 Å². The monoisotopic (exact) mass is 421 g/mol. The largest absolute Gasteiger partial charge is 0.355 e. The second-order valence-corrected chi connectivity index (χ2v) is 8.34. The van der Waals surface area contributed by atoms with E-state index >= 15 is 0 Å². The summed E-state index contributed by atoms with van der Waals surface area (Å²) >= 11 is 0. The molecule has 1 nitrogen and oxygen atoms in total. The van der Waals surface area contributed by atoms with E-state index in [4.69, 9.17) is 0 Å². The van der Waals surface area contributed by atoms with Crippen molar-refractivity contribution in [3.8, 4) is 22.3 Å². The summed E-state index contributed by atoms with van der Waals surface area (Å²) in [7, 11) is 0. The second-order valence-electron chi connectivity index (χ2n) is 8.34. The molecule has 0 aliphatic rings. The molecule has 33 heavy (non-hydrogen) atoms. The summed E-state index contributed by atoms with van der Waals surface area (Å²) in [4.78, 5) is 0. The maximum Gasteiger partial charge on any atom is 0.0463 e. The van der Waals surface area contributed by atoms with Crippen molar-refractivity contribution >= 4 is 32.9 Å². The SMILES string of the molecule is c1ccc(-c2ccc(-c3ccccc3Nc3ccc4c(ccc5ccccc54)c3)cc2)cc1. The first-order valence-corrected chi connectivity index (χ1v) is 11.3. The van der Waals surface area contributed by atoms with E-state index < -0.39 is 0 Å². The van der Waals surface area contributed by atoms with E-state index in [0.717, 1.165) is 11.4 Å². The minimum Gasteiger partial charge on any atom is -0.355 e. The lowest BCUT2D eigenvalue weighted by Crippen LogP contribution is -1.93. The van der Waals surface area contributed by atoms with Crippen molar-refractivity contribution < 1.29 is 0 Å². The van der Waals surface area contributed by atoms with Gasteiger partial charge in [-0.05, 0) is 56.4 Å². The van der Waals surface area contributed by atoms with E-state index in [2.05, 4.69) is 139 Å². The molecule has 0 amide bonds. The minimum atomic E-state index is 1.09. The number of benzene rings is 6. The number of fused-ring (bicyclic) bond motifs is 3. The van der Waals surface area contributed by atoms with Crippen molar-refractivity contribution in [2.45, 2.75) is 0 Å². The first-order chi connectivity index (χ1) is 16.3. The van der Waals surface area contributed by atoms with Gasteiger partial charge in [-0.1, -0.05) is 115 Å². The molecule has 0 saturated carbocycles. The number of rotatable bonds is 4. The highest BCUT2D eigenvalue weighted by Gasteiger charge is 2.07. The maximum atomic E-state index is 3.66. The Morgan fingerprint density at radius 2 is 1.03 bits per heavy atom. The molecule has 0 fully saturated rings. The van der Waals surface area contributed by atoms with E-state index in [1.165, 1.54) is 43.8 Å². The lowest BCUT2D eigenvalue weighted by Gasteiger charge is -2.14. The Balaban J connectivity index is 1.34. The van der Waals surface area contributed by atoms with Crippen molar-refractivity contribution in [1.82, 2.24) is 0 Å². The molecule has 0 aliphatic heterocycles. The minimum absolute atomic E-state index is 1.09. The van der Waals surface area contributed by atoms with E-state index in [1.807, 2.05) is 0 Å². The molecule has 0 unspecified atom stereocenters. The van der Waals surface area contributed by atoms with Crippen LogP contribution in [0, 0.1) is 0 Å². The van der Waals surface area contributed by atoms with Crippen molar-refractivity contribution in [3.63, 3.8) is 0 Å². The highest BCUT2D eigenvalue weighted by atomic mass is 14.9. The zero-order valence-electron chi connectivity index (χ0n) is 18.2. The number of nitrogens with one attached hydrogen (secondary N) is 1. The first kappa shape index (κ1) is 19.3. The van der Waals surface area contributed by atoms with Crippen LogP contribution in [0.3, 0.4) is 0 Å². The summed E-state index contributed by atoms with van der Waals surface area (Å²) in [5.74, 6) is 0. The van der Waals surface area contributed by atoms with Crippen LogP contribution in [0.25, 0.3) is 43.8 Å². The molecule has 1 N–H and O–H groups in total. The van der Waals surface area contributed by atoms with Gasteiger partial charge in [0.15, 0.2) is 0 Å². The van der Waals surface area contributed by atoms with Crippen LogP contribution in [0.5, 0.6) is 0 Å². The summed E-state index contributed by atoms with van der Waals surface area (Å²) in [6.07, 6.45) is 0. The van der Waals surface area contributed by atoms with Crippen LogP contribution in [0.15, 0.2) is 133 Å². The fraction of sp³-hybridized carbons (Fsp3) is 0. The van der Waals surface area contributed by atoms with E-state index in [1.54, 1.807) is 0 Å². The Morgan fingerprint density at radius 1 is 0.394 bits per heavy atom. The molecule has 0 aromatic heterocycles. The Kier molecular flexibility index (Phi) is 4.86. The van der Waals surface area contributed by atoms with Crippen LogP contribution < -0.4 is 5.32 Å². The van der Waals surface area contributed by atoms with Gasteiger partial charge in [0.1, 0.15) is 0 Å². The molecule has 0 spiro atoms. The summed E-state index contributed by atoms with van der Waals surface area (Å²) in [6.45, 7) is 0. The van der Waals surface area contributed by atoms with E-state index in [-0.39, 0.29) is 0 Å². The van der Waals surface area contributed by atoms with Gasteiger partial charge in [0.2, 0.25) is 0 Å². The molecule has 0 radical (unpaired) electrons. The van der Waals surface area contributed by atoms with Gasteiger partial charge in [0.25, 0.3) is 0 Å². The molecular formula is C32H23N. The molecule has 0 atom stereocenters. The summed E-state index contributed by atoms with van der Waals surface area (Å²) in [5.41, 5.74) is 7.04. The summed E-state index contributed by atoms with van der Waals surface area (Å²) in [6, 6.07) is 47.4. The predicted molar refractivity (Wildman–Crippen MR) is 142 cm³/mol. The third-order valence-electron chi connectivity index (χ3n) is 6.25. The molecule has 1 heteroatoms. The first-order valence-electron chi connectivity index (χ1n) is 11.3. The third kappa shape index (κ3) is 3.75. The van der Waals surface area contributed by atoms with Gasteiger partial charge in [0.05, 0.1) is 0 Å². The molecule has 0 aliphatic carbocycles. The molecule has 0 bridgehead atoms. The molecule has 6 aromatic carbocycles. The number of para-hydroxylation sites is 1. The molecule has 0 saturated heterocycles. The fourth-order valence-corrected chi connectivity index (χ4v) is 4.56. The van der Waals surface area contributed by atoms with Gasteiger partial charge in [-0.25, -0.2) is 0 Å². The quantitative estimate of drug-likeness (QED) is 0.280. The Morgan fingerprint density at radius 3 is 1.91 bits per heavy atom. The van der Waals surface area contributed by atoms with Gasteiger partial charge >= 0.3 is 0 Å². The van der Waals surface area contributed by atoms with Crippen LogP contribution in [0.4, 0.5) is 11.4 Å². The summed E-state index contributed by atoms with van der Waals surface area (Å²) < 4.78 is 0. The Labute approximate surface area is 194 Å². The molecule has 6 rings (SSSR count). The summed E-state index contributed by atoms with van der Waals surface area (Å²) in [5, 5.41) is 8.74. The van der Waals surface area contributed by atoms with Gasteiger partial charge in [-0.2, -0.15) is 0 Å². The second kappa shape index (κ2) is 8.29. The lowest BCUT2D eigenvalue weighted by atomic mass is 9.99. The van der Waals surface area contributed by atoms with Crippen LogP contribution in [0.2, 0.25) is 0 Å². The van der Waals surface area contributed by atoms with E-state index in [9.17, 15) is 0 Å². The third-order valence-corrected chi connectivity index (χ3v) is 6.25. The number of hydrogen-bond donors (Lipinski definition) is 1. The highest BCUT2D eigenvalue weighted by molar-refractivity contribution is 6.08. The average molecular weight is 422 g/mol. The predicted octanol–water partition coefficient (Wildman–Crippen LogP) is 9.07. The fourth-order valence-electron chi connectivity index (χ4n) is 4.56. The number of hydrogen-bond acceptors (Lipinski definition) is 1. The Hall–Kier alpha value is -4.36. The van der Waals surface area contributed by atoms with Crippen molar-refractivity contribution in [2.75, 3.05) is 5.32 Å². The van der Waals surface area contributed by atoms with Crippen molar-refractivity contribution in [3.05, 3.63) is 133 Å². The zero-order chi connectivity index (χ0) is 22.0. The maximum absolute atomic E-state index is 3.66. The normalized spacial score (nSPS) is 11.0. The molecular weight excluding hydrogens is 398 g/mol. The number of anilines is 2. The Bertz CT molecular complexity index is 1560. The molecule has 156 valence electrons. The van der Waals surface area contributed by atoms with Crippen LogP contribution in [0.1, 0.15) is 0 Å². The van der Waals surface area contributed by atoms with Crippen LogP contribution >= 0.6 is 0 Å². The van der Waals surface area contributed by atoms with Gasteiger partial charge in [-0.3, -0.25) is 0 Å². The highest BCUT2D eigenvalue weighted by Crippen LogP contribution is 2.33.